The van der Waals surface area contributed by atoms with E-state index >= 15 is 0 Å². The first kappa shape index (κ1) is 23.5. The van der Waals surface area contributed by atoms with Gasteiger partial charge in [-0.1, -0.05) is 45.7 Å². The van der Waals surface area contributed by atoms with Crippen LogP contribution < -0.4 is 10.6 Å². The molecule has 0 aliphatic heterocycles. The van der Waals surface area contributed by atoms with Crippen LogP contribution in [0, 0.1) is 0 Å². The lowest BCUT2D eigenvalue weighted by molar-refractivity contribution is -0.113. The predicted octanol–water partition coefficient (Wildman–Crippen LogP) is 7.21. The van der Waals surface area contributed by atoms with Gasteiger partial charge in [0.05, 0.1) is 11.4 Å². The van der Waals surface area contributed by atoms with Gasteiger partial charge in [-0.15, -0.1) is 23.1 Å². The Balaban J connectivity index is 1.27. The second kappa shape index (κ2) is 11.0. The third-order valence-corrected chi connectivity index (χ3v) is 6.99. The summed E-state index contributed by atoms with van der Waals surface area (Å²) in [6.07, 6.45) is 0. The highest BCUT2D eigenvalue weighted by atomic mass is 79.9. The second-order valence-corrected chi connectivity index (χ2v) is 10.1. The summed E-state index contributed by atoms with van der Waals surface area (Å²) in [7, 11) is 0. The van der Waals surface area contributed by atoms with E-state index in [-0.39, 0.29) is 17.6 Å². The van der Waals surface area contributed by atoms with Gasteiger partial charge >= 0.3 is 0 Å². The Bertz CT molecular complexity index is 1280. The van der Waals surface area contributed by atoms with Gasteiger partial charge in [-0.05, 0) is 54.6 Å². The third kappa shape index (κ3) is 6.68. The number of hydrogen-bond acceptors (Lipinski definition) is 5. The Hall–Kier alpha value is -2.65. The second-order valence-electron chi connectivity index (χ2n) is 6.87. The lowest BCUT2D eigenvalue weighted by atomic mass is 10.2. The maximum Gasteiger partial charge on any atom is 0.255 e. The molecule has 0 saturated heterocycles. The molecule has 3 aromatic carbocycles. The average molecular weight is 559 g/mol. The number of carbonyl (C=O) groups is 2. The molecule has 0 unspecified atom stereocenters. The summed E-state index contributed by atoms with van der Waals surface area (Å²) in [6, 6.07) is 22.0. The Morgan fingerprint density at radius 3 is 2.48 bits per heavy atom. The summed E-state index contributed by atoms with van der Waals surface area (Å²) in [5.74, 6) is -0.111. The quantitative estimate of drug-likeness (QED) is 0.235. The van der Waals surface area contributed by atoms with Crippen LogP contribution in [0.25, 0.3) is 11.3 Å². The number of hydrogen-bond donors (Lipinski definition) is 2. The predicted molar refractivity (Wildman–Crippen MR) is 140 cm³/mol. The van der Waals surface area contributed by atoms with Crippen molar-refractivity contribution in [3.05, 3.63) is 93.2 Å². The van der Waals surface area contributed by atoms with Gasteiger partial charge in [-0.25, -0.2) is 4.98 Å². The normalized spacial score (nSPS) is 10.6. The number of thioether (sulfide) groups is 1. The van der Waals surface area contributed by atoms with Gasteiger partial charge < -0.3 is 10.6 Å². The number of rotatable bonds is 7. The Morgan fingerprint density at radius 2 is 1.76 bits per heavy atom. The number of benzene rings is 3. The minimum absolute atomic E-state index is 0.130. The van der Waals surface area contributed by atoms with Gasteiger partial charge in [0.2, 0.25) is 5.91 Å². The van der Waals surface area contributed by atoms with Crippen molar-refractivity contribution in [2.24, 2.45) is 0 Å². The largest absolute Gasteiger partial charge is 0.322 e. The molecular formula is C24H17BrClN3O2S2. The molecule has 4 rings (SSSR count). The molecule has 0 bridgehead atoms. The number of anilines is 2. The SMILES string of the molecule is O=C(CSc1ccc(NC(=O)c2cccc(Cl)c2)cc1)Nc1nc(-c2ccc(Br)cc2)cs1. The molecule has 1 aromatic heterocycles. The molecule has 0 fully saturated rings. The van der Waals surface area contributed by atoms with Crippen molar-refractivity contribution in [3.8, 4) is 11.3 Å². The Morgan fingerprint density at radius 1 is 1.00 bits per heavy atom. The summed E-state index contributed by atoms with van der Waals surface area (Å²) in [5, 5.41) is 8.67. The average Bonchev–Trinajstić information content (AvgIpc) is 3.27. The third-order valence-electron chi connectivity index (χ3n) is 4.46. The van der Waals surface area contributed by atoms with Gasteiger partial charge in [0.25, 0.3) is 5.91 Å². The van der Waals surface area contributed by atoms with Crippen LogP contribution in [0.4, 0.5) is 10.8 Å². The fourth-order valence-electron chi connectivity index (χ4n) is 2.86. The lowest BCUT2D eigenvalue weighted by Gasteiger charge is -2.07. The van der Waals surface area contributed by atoms with Crippen LogP contribution in [-0.4, -0.2) is 22.6 Å². The zero-order chi connectivity index (χ0) is 23.2. The first-order valence-corrected chi connectivity index (χ1v) is 12.8. The van der Waals surface area contributed by atoms with E-state index in [0.717, 1.165) is 20.6 Å². The van der Waals surface area contributed by atoms with E-state index in [1.165, 1.54) is 23.1 Å². The first-order valence-electron chi connectivity index (χ1n) is 9.77. The molecule has 33 heavy (non-hydrogen) atoms. The van der Waals surface area contributed by atoms with Crippen LogP contribution in [0.5, 0.6) is 0 Å². The van der Waals surface area contributed by atoms with Crippen LogP contribution in [0.1, 0.15) is 10.4 Å². The maximum atomic E-state index is 12.3. The highest BCUT2D eigenvalue weighted by Crippen LogP contribution is 2.27. The molecule has 5 nitrogen and oxygen atoms in total. The monoisotopic (exact) mass is 557 g/mol. The molecular weight excluding hydrogens is 542 g/mol. The van der Waals surface area contributed by atoms with Crippen molar-refractivity contribution >= 4 is 73.3 Å². The highest BCUT2D eigenvalue weighted by Gasteiger charge is 2.10. The number of halogens is 2. The van der Waals surface area contributed by atoms with Crippen molar-refractivity contribution in [2.45, 2.75) is 4.90 Å². The first-order chi connectivity index (χ1) is 16.0. The molecule has 0 aliphatic rings. The van der Waals surface area contributed by atoms with Crippen molar-refractivity contribution < 1.29 is 9.59 Å². The molecule has 0 aliphatic carbocycles. The number of nitrogens with one attached hydrogen (secondary N) is 2. The van der Waals surface area contributed by atoms with Gasteiger partial charge in [0, 0.05) is 36.6 Å². The molecule has 2 N–H and O–H groups in total. The van der Waals surface area contributed by atoms with Crippen LogP contribution in [0.15, 0.2) is 87.5 Å². The van der Waals surface area contributed by atoms with Crippen LogP contribution >= 0.6 is 50.6 Å². The highest BCUT2D eigenvalue weighted by molar-refractivity contribution is 9.10. The Labute approximate surface area is 212 Å². The summed E-state index contributed by atoms with van der Waals surface area (Å²) in [5.41, 5.74) is 2.97. The van der Waals surface area contributed by atoms with E-state index in [9.17, 15) is 9.59 Å². The maximum absolute atomic E-state index is 12.3. The van der Waals surface area contributed by atoms with Gasteiger partial charge in [0.15, 0.2) is 5.13 Å². The molecule has 0 saturated carbocycles. The van der Waals surface area contributed by atoms with Crippen molar-refractivity contribution in [1.29, 1.82) is 0 Å². The number of carbonyl (C=O) groups excluding carboxylic acids is 2. The zero-order valence-corrected chi connectivity index (χ0v) is 21.0. The zero-order valence-electron chi connectivity index (χ0n) is 17.0. The number of aromatic nitrogens is 1. The number of thiazole rings is 1. The van der Waals surface area contributed by atoms with Gasteiger partial charge in [-0.2, -0.15) is 0 Å². The van der Waals surface area contributed by atoms with E-state index in [4.69, 9.17) is 11.6 Å². The molecule has 9 heteroatoms. The van der Waals surface area contributed by atoms with E-state index in [1.54, 1.807) is 36.4 Å². The molecule has 4 aromatic rings. The molecule has 0 spiro atoms. The fourth-order valence-corrected chi connectivity index (χ4v) is 4.75. The van der Waals surface area contributed by atoms with Gasteiger partial charge in [0.1, 0.15) is 0 Å². The van der Waals surface area contributed by atoms with E-state index in [1.807, 2.05) is 41.8 Å². The minimum Gasteiger partial charge on any atom is -0.322 e. The van der Waals surface area contributed by atoms with Crippen LogP contribution in [0.2, 0.25) is 5.02 Å². The summed E-state index contributed by atoms with van der Waals surface area (Å²) >= 11 is 12.2. The van der Waals surface area contributed by atoms with Crippen LogP contribution in [-0.2, 0) is 4.79 Å². The van der Waals surface area contributed by atoms with E-state index in [2.05, 4.69) is 31.5 Å². The standard InChI is InChI=1S/C24H17BrClN3O2S2/c25-17-6-4-15(5-7-17)21-13-33-24(28-21)29-22(30)14-32-20-10-8-19(9-11-20)27-23(31)16-2-1-3-18(26)12-16/h1-13H,14H2,(H,27,31)(H,28,29,30). The molecule has 166 valence electrons. The van der Waals surface area contributed by atoms with Gasteiger partial charge in [-0.3, -0.25) is 9.59 Å². The van der Waals surface area contributed by atoms with Crippen LogP contribution in [0.3, 0.4) is 0 Å². The van der Waals surface area contributed by atoms with Crippen molar-refractivity contribution in [3.63, 3.8) is 0 Å². The van der Waals surface area contributed by atoms with Crippen molar-refractivity contribution in [1.82, 2.24) is 4.98 Å². The number of nitrogens with zero attached hydrogens (tertiary/aromatic N) is 1. The minimum atomic E-state index is -0.233. The fraction of sp³-hybridized carbons (Fsp3) is 0.0417. The molecule has 2 amide bonds. The smallest absolute Gasteiger partial charge is 0.255 e. The molecule has 1 heterocycles. The van der Waals surface area contributed by atoms with E-state index in [0.29, 0.717) is 21.4 Å². The molecule has 0 radical (unpaired) electrons. The topological polar surface area (TPSA) is 71.1 Å². The summed E-state index contributed by atoms with van der Waals surface area (Å²) in [4.78, 5) is 30.1. The van der Waals surface area contributed by atoms with Crippen molar-refractivity contribution in [2.75, 3.05) is 16.4 Å². The lowest BCUT2D eigenvalue weighted by Crippen LogP contribution is -2.13. The summed E-state index contributed by atoms with van der Waals surface area (Å²) < 4.78 is 1.00. The van der Waals surface area contributed by atoms with E-state index < -0.39 is 0 Å². The number of amides is 2. The molecule has 0 atom stereocenters. The summed E-state index contributed by atoms with van der Waals surface area (Å²) in [6.45, 7) is 0. The Kier molecular flexibility index (Phi) is 7.82.